The van der Waals surface area contributed by atoms with Gasteiger partial charge in [-0.05, 0) is 24.6 Å². The van der Waals surface area contributed by atoms with E-state index >= 15 is 0 Å². The monoisotopic (exact) mass is 336 g/mol. The summed E-state index contributed by atoms with van der Waals surface area (Å²) >= 11 is 1.75. The number of hydrogen-bond donors (Lipinski definition) is 0. The van der Waals surface area contributed by atoms with Gasteiger partial charge < -0.3 is 14.5 Å². The van der Waals surface area contributed by atoms with E-state index in [0.717, 1.165) is 17.0 Å². The van der Waals surface area contributed by atoms with Crippen LogP contribution in [0.3, 0.4) is 0 Å². The number of carbonyl (C=O) groups excluding carboxylic acids is 2. The molecular formula is C17H24N2O3S. The quantitative estimate of drug-likeness (QED) is 0.748. The van der Waals surface area contributed by atoms with Gasteiger partial charge in [-0.2, -0.15) is 0 Å². The van der Waals surface area contributed by atoms with Gasteiger partial charge in [0.2, 0.25) is 5.91 Å². The summed E-state index contributed by atoms with van der Waals surface area (Å²) < 4.78 is 4.96. The molecule has 1 atom stereocenters. The molecule has 1 aromatic carbocycles. The Labute approximate surface area is 142 Å². The molecule has 0 aromatic heterocycles. The topological polar surface area (TPSA) is 49.9 Å². The van der Waals surface area contributed by atoms with E-state index in [0.29, 0.717) is 19.6 Å². The van der Waals surface area contributed by atoms with Crippen molar-refractivity contribution in [3.63, 3.8) is 0 Å². The zero-order valence-corrected chi connectivity index (χ0v) is 14.8. The fourth-order valence-electron chi connectivity index (χ4n) is 2.52. The summed E-state index contributed by atoms with van der Waals surface area (Å²) in [4.78, 5) is 27.7. The Kier molecular flexibility index (Phi) is 6.33. The summed E-state index contributed by atoms with van der Waals surface area (Å²) in [5.41, 5.74) is 2.22. The van der Waals surface area contributed by atoms with E-state index in [1.807, 2.05) is 19.0 Å². The lowest BCUT2D eigenvalue weighted by Gasteiger charge is -2.35. The molecule has 5 nitrogen and oxygen atoms in total. The highest BCUT2D eigenvalue weighted by molar-refractivity contribution is 7.99. The lowest BCUT2D eigenvalue weighted by molar-refractivity contribution is -0.144. The van der Waals surface area contributed by atoms with Crippen LogP contribution in [0.4, 0.5) is 5.69 Å². The molecule has 0 aliphatic carbocycles. The van der Waals surface area contributed by atoms with Gasteiger partial charge in [-0.15, -0.1) is 11.8 Å². The Balaban J connectivity index is 2.10. The standard InChI is InChI=1S/C17H24N2O3S/c1-4-22-16(21)9-11-19-15(20)10-12-23-17(19)13-5-7-14(8-6-13)18(2)3/h5-8,17H,4,9-12H2,1-3H3. The fraction of sp³-hybridized carbons (Fsp3) is 0.529. The summed E-state index contributed by atoms with van der Waals surface area (Å²) in [5.74, 6) is 0.668. The largest absolute Gasteiger partial charge is 0.466 e. The van der Waals surface area contributed by atoms with Crippen LogP contribution in [0.25, 0.3) is 0 Å². The maximum atomic E-state index is 12.3. The van der Waals surface area contributed by atoms with Crippen LogP contribution in [0, 0.1) is 0 Å². The average molecular weight is 336 g/mol. The molecule has 1 aliphatic rings. The molecule has 0 saturated carbocycles. The van der Waals surface area contributed by atoms with E-state index in [2.05, 4.69) is 24.3 Å². The Morgan fingerprint density at radius 1 is 1.35 bits per heavy atom. The molecule has 0 radical (unpaired) electrons. The van der Waals surface area contributed by atoms with Crippen molar-refractivity contribution in [1.29, 1.82) is 0 Å². The second-order valence-corrected chi connectivity index (χ2v) is 6.79. The molecule has 1 saturated heterocycles. The molecule has 1 heterocycles. The first kappa shape index (κ1) is 17.7. The van der Waals surface area contributed by atoms with Crippen LogP contribution in [0.2, 0.25) is 0 Å². The molecule has 1 aliphatic heterocycles. The van der Waals surface area contributed by atoms with Crippen molar-refractivity contribution in [2.75, 3.05) is 37.9 Å². The van der Waals surface area contributed by atoms with Gasteiger partial charge in [0.25, 0.3) is 0 Å². The van der Waals surface area contributed by atoms with Gasteiger partial charge >= 0.3 is 5.97 Å². The average Bonchev–Trinajstić information content (AvgIpc) is 2.54. The van der Waals surface area contributed by atoms with Crippen molar-refractivity contribution >= 4 is 29.3 Å². The number of amides is 1. The summed E-state index contributed by atoms with van der Waals surface area (Å²) in [6.45, 7) is 2.57. The number of esters is 1. The highest BCUT2D eigenvalue weighted by Crippen LogP contribution is 2.37. The number of thioether (sulfide) groups is 1. The minimum absolute atomic E-state index is 0.0260. The fourth-order valence-corrected chi connectivity index (χ4v) is 3.79. The number of hydrogen-bond acceptors (Lipinski definition) is 5. The van der Waals surface area contributed by atoms with E-state index in [1.54, 1.807) is 23.6 Å². The van der Waals surface area contributed by atoms with Gasteiger partial charge in [0.05, 0.1) is 13.0 Å². The third-order valence-electron chi connectivity index (χ3n) is 3.75. The Bertz CT molecular complexity index is 545. The summed E-state index contributed by atoms with van der Waals surface area (Å²) in [6, 6.07) is 8.23. The predicted molar refractivity (Wildman–Crippen MR) is 93.5 cm³/mol. The zero-order chi connectivity index (χ0) is 16.8. The van der Waals surface area contributed by atoms with E-state index in [-0.39, 0.29) is 23.7 Å². The number of nitrogens with zero attached hydrogens (tertiary/aromatic N) is 2. The predicted octanol–water partition coefficient (Wildman–Crippen LogP) is 2.67. The molecule has 0 N–H and O–H groups in total. The lowest BCUT2D eigenvalue weighted by Crippen LogP contribution is -2.38. The molecule has 1 unspecified atom stereocenters. The molecule has 0 bridgehead atoms. The van der Waals surface area contributed by atoms with E-state index in [9.17, 15) is 9.59 Å². The van der Waals surface area contributed by atoms with Gasteiger partial charge in [0, 0.05) is 38.5 Å². The van der Waals surface area contributed by atoms with Crippen molar-refractivity contribution in [2.24, 2.45) is 0 Å². The maximum Gasteiger partial charge on any atom is 0.307 e. The molecule has 6 heteroatoms. The number of ether oxygens (including phenoxy) is 1. The van der Waals surface area contributed by atoms with E-state index < -0.39 is 0 Å². The van der Waals surface area contributed by atoms with Crippen molar-refractivity contribution < 1.29 is 14.3 Å². The van der Waals surface area contributed by atoms with Crippen molar-refractivity contribution in [3.8, 4) is 0 Å². The van der Waals surface area contributed by atoms with Crippen LogP contribution in [0.1, 0.15) is 30.7 Å². The minimum Gasteiger partial charge on any atom is -0.466 e. The lowest BCUT2D eigenvalue weighted by atomic mass is 10.1. The molecular weight excluding hydrogens is 312 g/mol. The molecule has 2 rings (SSSR count). The minimum atomic E-state index is -0.252. The number of benzene rings is 1. The van der Waals surface area contributed by atoms with Crippen molar-refractivity contribution in [2.45, 2.75) is 25.1 Å². The Hall–Kier alpha value is -1.69. The van der Waals surface area contributed by atoms with Crippen LogP contribution in [0.5, 0.6) is 0 Å². The SMILES string of the molecule is CCOC(=O)CCN1C(=O)CCSC1c1ccc(N(C)C)cc1. The number of rotatable bonds is 6. The molecule has 1 fully saturated rings. The highest BCUT2D eigenvalue weighted by Gasteiger charge is 2.30. The van der Waals surface area contributed by atoms with Crippen LogP contribution in [-0.4, -0.2) is 49.8 Å². The Morgan fingerprint density at radius 3 is 2.65 bits per heavy atom. The summed E-state index contributed by atoms with van der Waals surface area (Å²) in [6.07, 6.45) is 0.770. The summed E-state index contributed by atoms with van der Waals surface area (Å²) in [7, 11) is 4.00. The van der Waals surface area contributed by atoms with E-state index in [4.69, 9.17) is 4.74 Å². The first-order chi connectivity index (χ1) is 11.0. The second kappa shape index (κ2) is 8.24. The van der Waals surface area contributed by atoms with Gasteiger partial charge in [-0.1, -0.05) is 12.1 Å². The van der Waals surface area contributed by atoms with Gasteiger partial charge in [-0.3, -0.25) is 9.59 Å². The van der Waals surface area contributed by atoms with Gasteiger partial charge in [0.15, 0.2) is 0 Å². The molecule has 1 amide bonds. The van der Waals surface area contributed by atoms with Crippen LogP contribution in [0.15, 0.2) is 24.3 Å². The van der Waals surface area contributed by atoms with Gasteiger partial charge in [-0.25, -0.2) is 0 Å². The van der Waals surface area contributed by atoms with Crippen molar-refractivity contribution in [3.05, 3.63) is 29.8 Å². The number of anilines is 1. The smallest absolute Gasteiger partial charge is 0.307 e. The van der Waals surface area contributed by atoms with E-state index in [1.165, 1.54) is 0 Å². The number of carbonyl (C=O) groups is 2. The van der Waals surface area contributed by atoms with Gasteiger partial charge in [0.1, 0.15) is 5.37 Å². The Morgan fingerprint density at radius 2 is 2.04 bits per heavy atom. The highest BCUT2D eigenvalue weighted by atomic mass is 32.2. The summed E-state index contributed by atoms with van der Waals surface area (Å²) in [5, 5.41) is -0.0260. The first-order valence-electron chi connectivity index (χ1n) is 7.87. The first-order valence-corrected chi connectivity index (χ1v) is 8.91. The molecule has 1 aromatic rings. The zero-order valence-electron chi connectivity index (χ0n) is 13.9. The normalized spacial score (nSPS) is 18.0. The third-order valence-corrected chi connectivity index (χ3v) is 5.03. The molecule has 23 heavy (non-hydrogen) atoms. The van der Waals surface area contributed by atoms with Crippen LogP contribution >= 0.6 is 11.8 Å². The molecule has 126 valence electrons. The van der Waals surface area contributed by atoms with Crippen molar-refractivity contribution in [1.82, 2.24) is 4.90 Å². The second-order valence-electron chi connectivity index (χ2n) is 5.60. The third kappa shape index (κ3) is 4.64. The molecule has 0 spiro atoms. The maximum absolute atomic E-state index is 12.3. The van der Waals surface area contributed by atoms with Crippen LogP contribution < -0.4 is 4.90 Å². The van der Waals surface area contributed by atoms with Crippen LogP contribution in [-0.2, 0) is 14.3 Å².